The highest BCUT2D eigenvalue weighted by molar-refractivity contribution is 5.96. The van der Waals surface area contributed by atoms with Crippen LogP contribution in [0.25, 0.3) is 0 Å². The Bertz CT molecular complexity index is 677. The summed E-state index contributed by atoms with van der Waals surface area (Å²) in [5, 5.41) is 2.70. The fourth-order valence-electron chi connectivity index (χ4n) is 3.48. The molecule has 7 heteroatoms. The van der Waals surface area contributed by atoms with Crippen LogP contribution in [0.15, 0.2) is 24.3 Å². The molecule has 0 aromatic heterocycles. The summed E-state index contributed by atoms with van der Waals surface area (Å²) < 4.78 is 0. The molecule has 0 radical (unpaired) electrons. The Balaban J connectivity index is 1.52. The molecule has 0 unspecified atom stereocenters. The average molecular weight is 358 g/mol. The zero-order valence-electron chi connectivity index (χ0n) is 15.2. The predicted octanol–water partition coefficient (Wildman–Crippen LogP) is 1.03. The Morgan fingerprint density at radius 3 is 2.31 bits per heavy atom. The van der Waals surface area contributed by atoms with Gasteiger partial charge in [0, 0.05) is 57.4 Å². The number of rotatable bonds is 4. The monoisotopic (exact) mass is 358 g/mol. The van der Waals surface area contributed by atoms with Crippen LogP contribution in [0.1, 0.15) is 30.1 Å². The molecule has 0 bridgehead atoms. The summed E-state index contributed by atoms with van der Waals surface area (Å²) >= 11 is 0. The van der Waals surface area contributed by atoms with E-state index in [-0.39, 0.29) is 17.7 Å². The third kappa shape index (κ3) is 4.60. The van der Waals surface area contributed by atoms with Gasteiger partial charge < -0.3 is 15.1 Å². The van der Waals surface area contributed by atoms with E-state index >= 15 is 0 Å². The number of carbonyl (C=O) groups is 3. The summed E-state index contributed by atoms with van der Waals surface area (Å²) in [5.74, 6) is -0.00103. The van der Waals surface area contributed by atoms with Crippen molar-refractivity contribution >= 4 is 23.4 Å². The van der Waals surface area contributed by atoms with Crippen molar-refractivity contribution in [3.05, 3.63) is 29.8 Å². The number of nitrogens with one attached hydrogen (secondary N) is 1. The third-order valence-corrected chi connectivity index (χ3v) is 4.91. The molecule has 1 aromatic rings. The lowest BCUT2D eigenvalue weighted by atomic mass is 10.1. The second kappa shape index (κ2) is 8.31. The number of amides is 3. The van der Waals surface area contributed by atoms with Crippen LogP contribution in [0.4, 0.5) is 5.69 Å². The van der Waals surface area contributed by atoms with Crippen LogP contribution >= 0.6 is 0 Å². The molecule has 0 saturated carbocycles. The number of hydrogen-bond donors (Lipinski definition) is 1. The minimum absolute atomic E-state index is 0.0391. The first-order chi connectivity index (χ1) is 12.5. The van der Waals surface area contributed by atoms with E-state index in [9.17, 15) is 14.4 Å². The number of likely N-dealkylation sites (tertiary alicyclic amines) is 1. The molecule has 26 heavy (non-hydrogen) atoms. The standard InChI is InChI=1S/C19H26N4O3/c1-15(24)20-17-6-4-5-16(13-17)19(26)23-11-9-21(10-12-23)14-18(25)22-7-2-3-8-22/h4-6,13H,2-3,7-12,14H2,1H3,(H,20,24). The summed E-state index contributed by atoms with van der Waals surface area (Å²) in [7, 11) is 0. The molecule has 140 valence electrons. The van der Waals surface area contributed by atoms with Crippen molar-refractivity contribution in [2.75, 3.05) is 51.1 Å². The van der Waals surface area contributed by atoms with Crippen molar-refractivity contribution in [3.8, 4) is 0 Å². The van der Waals surface area contributed by atoms with Gasteiger partial charge in [0.2, 0.25) is 11.8 Å². The minimum Gasteiger partial charge on any atom is -0.342 e. The highest BCUT2D eigenvalue weighted by Crippen LogP contribution is 2.15. The SMILES string of the molecule is CC(=O)Nc1cccc(C(=O)N2CCN(CC(=O)N3CCCC3)CC2)c1. The van der Waals surface area contributed by atoms with Gasteiger partial charge in [-0.25, -0.2) is 0 Å². The molecule has 0 atom stereocenters. The average Bonchev–Trinajstić information content (AvgIpc) is 3.16. The van der Waals surface area contributed by atoms with E-state index in [2.05, 4.69) is 10.2 Å². The number of anilines is 1. The molecule has 7 nitrogen and oxygen atoms in total. The Morgan fingerprint density at radius 2 is 1.65 bits per heavy atom. The molecule has 2 fully saturated rings. The predicted molar refractivity (Wildman–Crippen MR) is 98.9 cm³/mol. The molecule has 1 aromatic carbocycles. The maximum absolute atomic E-state index is 12.7. The summed E-state index contributed by atoms with van der Waals surface area (Å²) in [6.45, 7) is 6.27. The number of hydrogen-bond acceptors (Lipinski definition) is 4. The van der Waals surface area contributed by atoms with Crippen LogP contribution in [-0.4, -0.2) is 78.2 Å². The Hall–Kier alpha value is -2.41. The van der Waals surface area contributed by atoms with Gasteiger partial charge >= 0.3 is 0 Å². The van der Waals surface area contributed by atoms with Crippen molar-refractivity contribution in [2.24, 2.45) is 0 Å². The topological polar surface area (TPSA) is 73.0 Å². The van der Waals surface area contributed by atoms with Gasteiger partial charge in [0.05, 0.1) is 6.54 Å². The van der Waals surface area contributed by atoms with Gasteiger partial charge in [-0.15, -0.1) is 0 Å². The molecule has 2 aliphatic heterocycles. The van der Waals surface area contributed by atoms with E-state index in [1.54, 1.807) is 24.3 Å². The first-order valence-electron chi connectivity index (χ1n) is 9.20. The third-order valence-electron chi connectivity index (χ3n) is 4.91. The highest BCUT2D eigenvalue weighted by Gasteiger charge is 2.25. The van der Waals surface area contributed by atoms with Crippen molar-refractivity contribution in [1.82, 2.24) is 14.7 Å². The second-order valence-corrected chi connectivity index (χ2v) is 6.92. The first kappa shape index (κ1) is 18.4. The lowest BCUT2D eigenvalue weighted by Crippen LogP contribution is -2.51. The minimum atomic E-state index is -0.161. The van der Waals surface area contributed by atoms with Gasteiger partial charge in [-0.2, -0.15) is 0 Å². The lowest BCUT2D eigenvalue weighted by molar-refractivity contribution is -0.131. The molecular formula is C19H26N4O3. The van der Waals surface area contributed by atoms with Crippen molar-refractivity contribution in [2.45, 2.75) is 19.8 Å². The summed E-state index contributed by atoms with van der Waals surface area (Å²) in [6, 6.07) is 6.99. The maximum atomic E-state index is 12.7. The molecule has 2 saturated heterocycles. The molecular weight excluding hydrogens is 332 g/mol. The zero-order chi connectivity index (χ0) is 18.5. The Kier molecular flexibility index (Phi) is 5.88. The number of benzene rings is 1. The van der Waals surface area contributed by atoms with Gasteiger partial charge in [0.15, 0.2) is 0 Å². The van der Waals surface area contributed by atoms with Gasteiger partial charge in [-0.1, -0.05) is 6.07 Å². The van der Waals surface area contributed by atoms with Gasteiger partial charge in [0.1, 0.15) is 0 Å². The molecule has 3 rings (SSSR count). The first-order valence-corrected chi connectivity index (χ1v) is 9.20. The van der Waals surface area contributed by atoms with Crippen LogP contribution in [0.3, 0.4) is 0 Å². The van der Waals surface area contributed by atoms with Crippen LogP contribution in [-0.2, 0) is 9.59 Å². The highest BCUT2D eigenvalue weighted by atomic mass is 16.2. The molecule has 3 amide bonds. The van der Waals surface area contributed by atoms with E-state index in [4.69, 9.17) is 0 Å². The van der Waals surface area contributed by atoms with Crippen molar-refractivity contribution in [3.63, 3.8) is 0 Å². The molecule has 1 N–H and O–H groups in total. The largest absolute Gasteiger partial charge is 0.342 e. The van der Waals surface area contributed by atoms with E-state index < -0.39 is 0 Å². The number of carbonyl (C=O) groups excluding carboxylic acids is 3. The Morgan fingerprint density at radius 1 is 0.962 bits per heavy atom. The smallest absolute Gasteiger partial charge is 0.254 e. The molecule has 2 heterocycles. The van der Waals surface area contributed by atoms with E-state index in [1.165, 1.54) is 6.92 Å². The van der Waals surface area contributed by atoms with E-state index in [0.29, 0.717) is 44.0 Å². The van der Waals surface area contributed by atoms with Crippen LogP contribution in [0.5, 0.6) is 0 Å². The quantitative estimate of drug-likeness (QED) is 0.872. The zero-order valence-corrected chi connectivity index (χ0v) is 15.2. The summed E-state index contributed by atoms with van der Waals surface area (Å²) in [5.41, 5.74) is 1.19. The van der Waals surface area contributed by atoms with E-state index in [0.717, 1.165) is 25.9 Å². The fourth-order valence-corrected chi connectivity index (χ4v) is 3.48. The lowest BCUT2D eigenvalue weighted by Gasteiger charge is -2.35. The molecule has 0 aliphatic carbocycles. The van der Waals surface area contributed by atoms with Gasteiger partial charge in [0.25, 0.3) is 5.91 Å². The van der Waals surface area contributed by atoms with Crippen molar-refractivity contribution < 1.29 is 14.4 Å². The number of piperazine rings is 1. The van der Waals surface area contributed by atoms with E-state index in [1.807, 2.05) is 9.80 Å². The normalized spacial score (nSPS) is 18.0. The maximum Gasteiger partial charge on any atom is 0.254 e. The van der Waals surface area contributed by atoms with Gasteiger partial charge in [-0.3, -0.25) is 19.3 Å². The molecule has 2 aliphatic rings. The van der Waals surface area contributed by atoms with Crippen LogP contribution < -0.4 is 5.32 Å². The van der Waals surface area contributed by atoms with Crippen LogP contribution in [0.2, 0.25) is 0 Å². The van der Waals surface area contributed by atoms with Crippen molar-refractivity contribution in [1.29, 1.82) is 0 Å². The summed E-state index contributed by atoms with van der Waals surface area (Å²) in [4.78, 5) is 42.0. The summed E-state index contributed by atoms with van der Waals surface area (Å²) in [6.07, 6.45) is 2.21. The Labute approximate surface area is 153 Å². The van der Waals surface area contributed by atoms with Crippen LogP contribution in [0, 0.1) is 0 Å². The second-order valence-electron chi connectivity index (χ2n) is 6.92. The fraction of sp³-hybridized carbons (Fsp3) is 0.526. The van der Waals surface area contributed by atoms with Gasteiger partial charge in [-0.05, 0) is 31.0 Å². The molecule has 0 spiro atoms. The number of nitrogens with zero attached hydrogens (tertiary/aromatic N) is 3.